The van der Waals surface area contributed by atoms with E-state index in [9.17, 15) is 4.79 Å². The first kappa shape index (κ1) is 15.6. The summed E-state index contributed by atoms with van der Waals surface area (Å²) < 4.78 is 5.62. The van der Waals surface area contributed by atoms with Gasteiger partial charge in [0, 0.05) is 17.1 Å². The molecule has 0 fully saturated rings. The third kappa shape index (κ3) is 6.91. The van der Waals surface area contributed by atoms with Crippen LogP contribution in [-0.4, -0.2) is 28.7 Å². The van der Waals surface area contributed by atoms with Crippen LogP contribution in [0.25, 0.3) is 6.08 Å². The summed E-state index contributed by atoms with van der Waals surface area (Å²) in [7, 11) is 0. The molecule has 0 aliphatic carbocycles. The van der Waals surface area contributed by atoms with Crippen molar-refractivity contribution in [2.75, 3.05) is 12.4 Å². The molecule has 1 aromatic carbocycles. The van der Waals surface area contributed by atoms with Gasteiger partial charge in [0.25, 0.3) is 0 Å². The number of rotatable bonds is 8. The predicted octanol–water partition coefficient (Wildman–Crippen LogP) is 3.69. The molecule has 0 amide bonds. The lowest BCUT2D eigenvalue weighted by Gasteiger charge is -2.09. The van der Waals surface area contributed by atoms with Crippen LogP contribution in [0.2, 0.25) is 0 Å². The Kier molecular flexibility index (Phi) is 7.11. The van der Waals surface area contributed by atoms with Gasteiger partial charge < -0.3 is 9.84 Å². The highest BCUT2D eigenvalue weighted by Gasteiger charge is 1.99. The van der Waals surface area contributed by atoms with Crippen LogP contribution < -0.4 is 4.74 Å². The smallest absolute Gasteiger partial charge is 0.328 e. The normalized spacial score (nSPS) is 12.5. The summed E-state index contributed by atoms with van der Waals surface area (Å²) in [6.45, 7) is 5.09. The van der Waals surface area contributed by atoms with Gasteiger partial charge >= 0.3 is 5.97 Å². The fraction of sp³-hybridized carbons (Fsp3) is 0.400. The maximum Gasteiger partial charge on any atom is 0.328 e. The lowest BCUT2D eigenvalue weighted by atomic mass is 10.2. The summed E-state index contributed by atoms with van der Waals surface area (Å²) in [5, 5.41) is 9.20. The van der Waals surface area contributed by atoms with Crippen LogP contribution in [0.3, 0.4) is 0 Å². The molecular formula is C15H20O3S. The largest absolute Gasteiger partial charge is 0.493 e. The first-order valence-electron chi connectivity index (χ1n) is 6.37. The maximum atomic E-state index is 10.4. The number of carboxylic acid groups (broad SMARTS) is 1. The van der Waals surface area contributed by atoms with Crippen molar-refractivity contribution in [3.05, 3.63) is 35.9 Å². The average molecular weight is 280 g/mol. The minimum Gasteiger partial charge on any atom is -0.493 e. The molecule has 1 unspecified atom stereocenters. The molecular weight excluding hydrogens is 260 g/mol. The number of carboxylic acids is 1. The fourth-order valence-corrected chi connectivity index (χ4v) is 2.19. The van der Waals surface area contributed by atoms with E-state index in [1.54, 1.807) is 6.08 Å². The molecule has 0 heterocycles. The van der Waals surface area contributed by atoms with Crippen LogP contribution in [0.4, 0.5) is 0 Å². The number of benzene rings is 1. The molecule has 0 saturated carbocycles. The van der Waals surface area contributed by atoms with Gasteiger partial charge in [0.1, 0.15) is 5.75 Å². The Morgan fingerprint density at radius 1 is 1.42 bits per heavy atom. The second-order valence-corrected chi connectivity index (χ2v) is 5.73. The Labute approximate surface area is 118 Å². The van der Waals surface area contributed by atoms with Gasteiger partial charge in [0.15, 0.2) is 0 Å². The van der Waals surface area contributed by atoms with E-state index >= 15 is 0 Å². The highest BCUT2D eigenvalue weighted by atomic mass is 32.2. The summed E-state index contributed by atoms with van der Waals surface area (Å²) in [4.78, 5) is 10.4. The molecule has 0 saturated heterocycles. The van der Waals surface area contributed by atoms with Crippen molar-refractivity contribution in [2.45, 2.75) is 25.5 Å². The van der Waals surface area contributed by atoms with Crippen LogP contribution in [0.1, 0.15) is 25.8 Å². The molecule has 1 atom stereocenters. The number of carbonyl (C=O) groups is 1. The summed E-state index contributed by atoms with van der Waals surface area (Å²) in [6, 6.07) is 7.40. The first-order valence-corrected chi connectivity index (χ1v) is 7.42. The average Bonchev–Trinajstić information content (AvgIpc) is 2.42. The van der Waals surface area contributed by atoms with Crippen molar-refractivity contribution in [1.82, 2.24) is 0 Å². The van der Waals surface area contributed by atoms with Crippen molar-refractivity contribution in [3.63, 3.8) is 0 Å². The molecule has 1 rings (SSSR count). The molecule has 1 N–H and O–H groups in total. The van der Waals surface area contributed by atoms with Gasteiger partial charge in [0.2, 0.25) is 0 Å². The molecule has 0 bridgehead atoms. The lowest BCUT2D eigenvalue weighted by Crippen LogP contribution is -2.03. The topological polar surface area (TPSA) is 46.5 Å². The van der Waals surface area contributed by atoms with Crippen LogP contribution >= 0.6 is 11.8 Å². The SMILES string of the molecule is CCC(C)SCCOc1ccc(/C=C/C(=O)O)cc1. The highest BCUT2D eigenvalue weighted by Crippen LogP contribution is 2.16. The molecule has 1 aromatic rings. The molecule has 0 aliphatic rings. The molecule has 0 spiro atoms. The van der Waals surface area contributed by atoms with Crippen LogP contribution in [0.5, 0.6) is 5.75 Å². The standard InChI is InChI=1S/C15H20O3S/c1-3-12(2)19-11-10-18-14-7-4-13(5-8-14)6-9-15(16)17/h4-9,12H,3,10-11H2,1-2H3,(H,16,17)/b9-6+. The second-order valence-electron chi connectivity index (χ2n) is 4.18. The zero-order valence-corrected chi connectivity index (χ0v) is 12.2. The van der Waals surface area contributed by atoms with Crippen LogP contribution in [0, 0.1) is 0 Å². The van der Waals surface area contributed by atoms with E-state index in [4.69, 9.17) is 9.84 Å². The summed E-state index contributed by atoms with van der Waals surface area (Å²) in [6.07, 6.45) is 3.86. The molecule has 0 aliphatic heterocycles. The van der Waals surface area contributed by atoms with Crippen molar-refractivity contribution in [3.8, 4) is 5.75 Å². The zero-order chi connectivity index (χ0) is 14.1. The molecule has 3 nitrogen and oxygen atoms in total. The maximum absolute atomic E-state index is 10.4. The summed E-state index contributed by atoms with van der Waals surface area (Å²) in [5.41, 5.74) is 0.851. The van der Waals surface area contributed by atoms with Gasteiger partial charge in [-0.25, -0.2) is 4.79 Å². The lowest BCUT2D eigenvalue weighted by molar-refractivity contribution is -0.131. The fourth-order valence-electron chi connectivity index (χ4n) is 1.37. The van der Waals surface area contributed by atoms with Crippen molar-refractivity contribution in [1.29, 1.82) is 0 Å². The highest BCUT2D eigenvalue weighted by molar-refractivity contribution is 7.99. The van der Waals surface area contributed by atoms with Gasteiger partial charge in [-0.2, -0.15) is 11.8 Å². The second kappa shape index (κ2) is 8.64. The van der Waals surface area contributed by atoms with E-state index in [-0.39, 0.29) is 0 Å². The number of hydrogen-bond acceptors (Lipinski definition) is 3. The molecule has 0 radical (unpaired) electrons. The van der Waals surface area contributed by atoms with Gasteiger partial charge in [-0.15, -0.1) is 0 Å². The first-order chi connectivity index (χ1) is 9.11. The Hall–Kier alpha value is -1.42. The van der Waals surface area contributed by atoms with Crippen LogP contribution in [0.15, 0.2) is 30.3 Å². The summed E-state index contributed by atoms with van der Waals surface area (Å²) in [5.74, 6) is 0.856. The third-order valence-electron chi connectivity index (χ3n) is 2.63. The zero-order valence-electron chi connectivity index (χ0n) is 11.3. The number of hydrogen-bond donors (Lipinski definition) is 1. The van der Waals surface area contributed by atoms with Crippen molar-refractivity contribution in [2.24, 2.45) is 0 Å². The van der Waals surface area contributed by atoms with E-state index in [1.807, 2.05) is 36.0 Å². The van der Waals surface area contributed by atoms with Crippen LogP contribution in [-0.2, 0) is 4.79 Å². The van der Waals surface area contributed by atoms with E-state index < -0.39 is 5.97 Å². The van der Waals surface area contributed by atoms with E-state index in [2.05, 4.69) is 13.8 Å². The van der Waals surface area contributed by atoms with Crippen molar-refractivity contribution < 1.29 is 14.6 Å². The van der Waals surface area contributed by atoms with Gasteiger partial charge in [0.05, 0.1) is 6.61 Å². The monoisotopic (exact) mass is 280 g/mol. The van der Waals surface area contributed by atoms with Gasteiger partial charge in [-0.3, -0.25) is 0 Å². The third-order valence-corrected chi connectivity index (χ3v) is 3.93. The Morgan fingerprint density at radius 3 is 2.68 bits per heavy atom. The van der Waals surface area contributed by atoms with E-state index in [1.165, 1.54) is 6.42 Å². The van der Waals surface area contributed by atoms with Gasteiger partial charge in [-0.05, 0) is 30.2 Å². The minimum absolute atomic E-state index is 0.673. The molecule has 4 heteroatoms. The quantitative estimate of drug-likeness (QED) is 0.582. The minimum atomic E-state index is -0.942. The Morgan fingerprint density at radius 2 is 2.11 bits per heavy atom. The number of thioether (sulfide) groups is 1. The molecule has 104 valence electrons. The Balaban J connectivity index is 2.34. The number of ether oxygens (including phenoxy) is 1. The Bertz CT molecular complexity index is 412. The predicted molar refractivity (Wildman–Crippen MR) is 80.8 cm³/mol. The summed E-state index contributed by atoms with van der Waals surface area (Å²) >= 11 is 1.91. The van der Waals surface area contributed by atoms with E-state index in [0.29, 0.717) is 11.9 Å². The van der Waals surface area contributed by atoms with Gasteiger partial charge in [-0.1, -0.05) is 26.0 Å². The number of aliphatic carboxylic acids is 1. The van der Waals surface area contributed by atoms with Crippen molar-refractivity contribution >= 4 is 23.8 Å². The molecule has 0 aromatic heterocycles. The molecule has 19 heavy (non-hydrogen) atoms. The van der Waals surface area contributed by atoms with E-state index in [0.717, 1.165) is 23.1 Å².